The van der Waals surface area contributed by atoms with Crippen molar-refractivity contribution in [2.24, 2.45) is 13.0 Å². The third-order valence-electron chi connectivity index (χ3n) is 6.69. The minimum atomic E-state index is 0.218. The van der Waals surface area contributed by atoms with Crippen molar-refractivity contribution in [3.05, 3.63) is 60.7 Å². The van der Waals surface area contributed by atoms with Crippen LogP contribution in [-0.2, 0) is 7.05 Å². The predicted molar refractivity (Wildman–Crippen MR) is 126 cm³/mol. The lowest BCUT2D eigenvalue weighted by Crippen LogP contribution is -2.41. The lowest BCUT2D eigenvalue weighted by Gasteiger charge is -2.36. The zero-order valence-electron chi connectivity index (χ0n) is 18.7. The lowest BCUT2D eigenvalue weighted by molar-refractivity contribution is 0.141. The molecule has 0 amide bonds. The molecule has 2 N–H and O–H groups in total. The molecule has 3 heterocycles. The van der Waals surface area contributed by atoms with Crippen LogP contribution in [0.25, 0.3) is 10.9 Å². The molecular weight excluding hydrogens is 370 g/mol. The van der Waals surface area contributed by atoms with Gasteiger partial charge in [0.25, 0.3) is 0 Å². The van der Waals surface area contributed by atoms with Crippen molar-refractivity contribution in [3.63, 3.8) is 0 Å². The van der Waals surface area contributed by atoms with E-state index in [-0.39, 0.29) is 5.92 Å². The standard InChI is InChI=1S/C25H35N5/c1-16-11-12-30(19(4)13-16)15-18(3)27-21-8-10-23-24(14-21)29(6)28-25(23)22-9-7-17(2)26-20(22)5/h8,10,14,16,19,22,26-27H,2-3,5,7,9,11-13,15H2,1,4,6H3. The van der Waals surface area contributed by atoms with Gasteiger partial charge in [0.2, 0.25) is 0 Å². The Kier molecular flexibility index (Phi) is 5.74. The molecule has 0 aliphatic carbocycles. The molecule has 4 rings (SSSR count). The van der Waals surface area contributed by atoms with Gasteiger partial charge in [0.1, 0.15) is 0 Å². The minimum absolute atomic E-state index is 0.218. The van der Waals surface area contributed by atoms with Crippen molar-refractivity contribution in [1.82, 2.24) is 20.0 Å². The zero-order valence-corrected chi connectivity index (χ0v) is 18.7. The van der Waals surface area contributed by atoms with Crippen LogP contribution in [0.1, 0.15) is 51.1 Å². The van der Waals surface area contributed by atoms with Gasteiger partial charge in [-0.1, -0.05) is 26.7 Å². The second-order valence-electron chi connectivity index (χ2n) is 9.26. The summed E-state index contributed by atoms with van der Waals surface area (Å²) in [6.45, 7) is 19.3. The minimum Gasteiger partial charge on any atom is -0.363 e. The second-order valence-corrected chi connectivity index (χ2v) is 9.26. The van der Waals surface area contributed by atoms with Crippen LogP contribution in [0.4, 0.5) is 5.69 Å². The smallest absolute Gasteiger partial charge is 0.0792 e. The molecule has 0 spiro atoms. The number of aryl methyl sites for hydroxylation is 1. The average Bonchev–Trinajstić information content (AvgIpc) is 3.00. The molecule has 5 heteroatoms. The quantitative estimate of drug-likeness (QED) is 0.725. The molecule has 3 atom stereocenters. The summed E-state index contributed by atoms with van der Waals surface area (Å²) < 4.78 is 1.98. The van der Waals surface area contributed by atoms with Crippen molar-refractivity contribution >= 4 is 16.6 Å². The number of hydrogen-bond donors (Lipinski definition) is 2. The fourth-order valence-electron chi connectivity index (χ4n) is 4.97. The fourth-order valence-corrected chi connectivity index (χ4v) is 4.97. The Balaban J connectivity index is 1.49. The van der Waals surface area contributed by atoms with E-state index in [0.29, 0.717) is 6.04 Å². The highest BCUT2D eigenvalue weighted by atomic mass is 15.3. The van der Waals surface area contributed by atoms with E-state index in [1.807, 2.05) is 11.7 Å². The number of benzene rings is 1. The summed E-state index contributed by atoms with van der Waals surface area (Å²) in [6.07, 6.45) is 4.50. The number of aromatic nitrogens is 2. The Morgan fingerprint density at radius 3 is 2.80 bits per heavy atom. The van der Waals surface area contributed by atoms with Gasteiger partial charge >= 0.3 is 0 Å². The van der Waals surface area contributed by atoms with Crippen LogP contribution < -0.4 is 10.6 Å². The SMILES string of the molecule is C=C1CCC(c2nn(C)c3cc(NC(=C)CN4CCC(C)CC4C)ccc23)C(=C)N1. The van der Waals surface area contributed by atoms with Crippen molar-refractivity contribution < 1.29 is 0 Å². The fraction of sp³-hybridized carbons (Fsp3) is 0.480. The first-order valence-electron chi connectivity index (χ1n) is 11.1. The summed E-state index contributed by atoms with van der Waals surface area (Å²) in [4.78, 5) is 2.53. The van der Waals surface area contributed by atoms with E-state index in [9.17, 15) is 0 Å². The van der Waals surface area contributed by atoms with Crippen LogP contribution >= 0.6 is 0 Å². The number of piperidine rings is 2. The molecule has 0 bridgehead atoms. The van der Waals surface area contributed by atoms with Crippen LogP contribution in [0.3, 0.4) is 0 Å². The topological polar surface area (TPSA) is 45.1 Å². The van der Waals surface area contributed by atoms with Crippen molar-refractivity contribution in [3.8, 4) is 0 Å². The summed E-state index contributed by atoms with van der Waals surface area (Å²) in [5, 5.41) is 12.9. The van der Waals surface area contributed by atoms with Crippen LogP contribution in [0, 0.1) is 5.92 Å². The number of fused-ring (bicyclic) bond motifs is 1. The summed E-state index contributed by atoms with van der Waals surface area (Å²) in [7, 11) is 2.01. The van der Waals surface area contributed by atoms with Gasteiger partial charge in [0.05, 0.1) is 11.2 Å². The molecular formula is C25H35N5. The maximum atomic E-state index is 4.85. The number of anilines is 1. The van der Waals surface area contributed by atoms with Crippen molar-refractivity contribution in [2.45, 2.75) is 51.5 Å². The normalized spacial score (nSPS) is 25.4. The Bertz CT molecular complexity index is 985. The van der Waals surface area contributed by atoms with Crippen molar-refractivity contribution in [1.29, 1.82) is 0 Å². The molecule has 1 aromatic heterocycles. The van der Waals surface area contributed by atoms with Crippen LogP contribution in [0.2, 0.25) is 0 Å². The number of nitrogens with one attached hydrogen (secondary N) is 2. The van der Waals surface area contributed by atoms with Gasteiger partial charge in [0, 0.05) is 53.7 Å². The molecule has 2 aliphatic heterocycles. The second kappa shape index (κ2) is 8.31. The Hall–Kier alpha value is -2.53. The van der Waals surface area contributed by atoms with E-state index < -0.39 is 0 Å². The average molecular weight is 406 g/mol. The molecule has 1 aromatic carbocycles. The van der Waals surface area contributed by atoms with Gasteiger partial charge in [-0.3, -0.25) is 9.58 Å². The van der Waals surface area contributed by atoms with E-state index in [0.717, 1.165) is 65.8 Å². The molecule has 2 fully saturated rings. The number of likely N-dealkylation sites (tertiary alicyclic amines) is 1. The first kappa shape index (κ1) is 20.7. The van der Waals surface area contributed by atoms with E-state index >= 15 is 0 Å². The van der Waals surface area contributed by atoms with Gasteiger partial charge < -0.3 is 10.6 Å². The van der Waals surface area contributed by atoms with Gasteiger partial charge in [-0.25, -0.2) is 0 Å². The zero-order chi connectivity index (χ0) is 21.4. The monoisotopic (exact) mass is 405 g/mol. The van der Waals surface area contributed by atoms with Crippen LogP contribution in [0.15, 0.2) is 55.0 Å². The van der Waals surface area contributed by atoms with Gasteiger partial charge in [0.15, 0.2) is 0 Å². The third-order valence-corrected chi connectivity index (χ3v) is 6.69. The first-order valence-corrected chi connectivity index (χ1v) is 11.1. The van der Waals surface area contributed by atoms with Crippen LogP contribution in [0.5, 0.6) is 0 Å². The Labute approximate surface area is 180 Å². The highest BCUT2D eigenvalue weighted by molar-refractivity contribution is 5.86. The Morgan fingerprint density at radius 1 is 1.27 bits per heavy atom. The summed E-state index contributed by atoms with van der Waals surface area (Å²) >= 11 is 0. The molecule has 0 saturated carbocycles. The number of allylic oxidation sites excluding steroid dienone is 2. The molecule has 2 aromatic rings. The predicted octanol–water partition coefficient (Wildman–Crippen LogP) is 5.11. The highest BCUT2D eigenvalue weighted by Crippen LogP contribution is 2.36. The molecule has 2 aliphatic rings. The van der Waals surface area contributed by atoms with E-state index in [1.165, 1.54) is 18.2 Å². The largest absolute Gasteiger partial charge is 0.363 e. The van der Waals surface area contributed by atoms with Gasteiger partial charge in [-0.15, -0.1) is 0 Å². The maximum absolute atomic E-state index is 4.85. The summed E-state index contributed by atoms with van der Waals surface area (Å²) in [6, 6.07) is 7.10. The molecule has 160 valence electrons. The Morgan fingerprint density at radius 2 is 2.07 bits per heavy atom. The molecule has 5 nitrogen and oxygen atoms in total. The maximum Gasteiger partial charge on any atom is 0.0792 e. The lowest BCUT2D eigenvalue weighted by atomic mass is 9.90. The summed E-state index contributed by atoms with van der Waals surface area (Å²) in [5.74, 6) is 1.04. The molecule has 30 heavy (non-hydrogen) atoms. The van der Waals surface area contributed by atoms with E-state index in [2.05, 4.69) is 67.3 Å². The number of nitrogens with zero attached hydrogens (tertiary/aromatic N) is 3. The van der Waals surface area contributed by atoms with E-state index in [1.54, 1.807) is 0 Å². The summed E-state index contributed by atoms with van der Waals surface area (Å²) in [5.41, 5.74) is 6.36. The highest BCUT2D eigenvalue weighted by Gasteiger charge is 2.26. The van der Waals surface area contributed by atoms with Crippen LogP contribution in [-0.4, -0.2) is 33.8 Å². The molecule has 2 saturated heterocycles. The van der Waals surface area contributed by atoms with Gasteiger partial charge in [-0.2, -0.15) is 5.10 Å². The molecule has 3 unspecified atom stereocenters. The molecule has 0 radical (unpaired) electrons. The number of hydrogen-bond acceptors (Lipinski definition) is 4. The number of rotatable bonds is 5. The first-order chi connectivity index (χ1) is 14.3. The third kappa shape index (κ3) is 4.17. The van der Waals surface area contributed by atoms with Gasteiger partial charge in [-0.05, 0) is 63.3 Å². The van der Waals surface area contributed by atoms with Crippen molar-refractivity contribution in [2.75, 3.05) is 18.4 Å². The van der Waals surface area contributed by atoms with E-state index in [4.69, 9.17) is 5.10 Å².